The van der Waals surface area contributed by atoms with Crippen molar-refractivity contribution in [2.75, 3.05) is 18.4 Å². The normalized spacial score (nSPS) is 14.8. The lowest BCUT2D eigenvalue weighted by atomic mass is 9.99. The van der Waals surface area contributed by atoms with E-state index in [1.807, 2.05) is 35.9 Å². The molecule has 104 valence electrons. The summed E-state index contributed by atoms with van der Waals surface area (Å²) in [4.78, 5) is 11.9. The van der Waals surface area contributed by atoms with E-state index in [1.54, 1.807) is 6.33 Å². The first-order chi connectivity index (χ1) is 9.72. The molecule has 1 amide bonds. The molecule has 0 bridgehead atoms. The summed E-state index contributed by atoms with van der Waals surface area (Å²) in [5, 5.41) is 14.0. The van der Waals surface area contributed by atoms with Crippen LogP contribution < -0.4 is 10.6 Å². The van der Waals surface area contributed by atoms with Gasteiger partial charge in [-0.15, -0.1) is 10.2 Å². The summed E-state index contributed by atoms with van der Waals surface area (Å²) in [5.41, 5.74) is 1.73. The number of carbonyl (C=O) groups excluding carboxylic acids is 1. The average Bonchev–Trinajstić information content (AvgIpc) is 2.81. The number of nitrogens with zero attached hydrogens (tertiary/aromatic N) is 3. The van der Waals surface area contributed by atoms with E-state index in [0.29, 0.717) is 12.3 Å². The molecular weight excluding hydrogens is 254 g/mol. The highest BCUT2D eigenvalue weighted by molar-refractivity contribution is 5.91. The van der Waals surface area contributed by atoms with Gasteiger partial charge in [-0.05, 0) is 31.1 Å². The number of carbonyl (C=O) groups is 1. The number of aromatic nitrogens is 3. The van der Waals surface area contributed by atoms with Crippen LogP contribution >= 0.6 is 0 Å². The second-order valence-electron chi connectivity index (χ2n) is 5.12. The third-order valence-electron chi connectivity index (χ3n) is 3.46. The number of benzene rings is 1. The predicted molar refractivity (Wildman–Crippen MR) is 76.0 cm³/mol. The summed E-state index contributed by atoms with van der Waals surface area (Å²) in [6, 6.07) is 7.66. The Morgan fingerprint density at radius 3 is 3.00 bits per heavy atom. The molecule has 2 N–H and O–H groups in total. The monoisotopic (exact) mass is 271 g/mol. The van der Waals surface area contributed by atoms with Crippen molar-refractivity contribution in [3.63, 3.8) is 0 Å². The van der Waals surface area contributed by atoms with Crippen LogP contribution in [0.4, 0.5) is 5.69 Å². The van der Waals surface area contributed by atoms with Crippen molar-refractivity contribution in [2.45, 2.75) is 6.42 Å². The van der Waals surface area contributed by atoms with Gasteiger partial charge in [-0.3, -0.25) is 4.79 Å². The molecule has 2 aromatic rings. The summed E-state index contributed by atoms with van der Waals surface area (Å²) in [6.45, 7) is 1.87. The standard InChI is InChI=1S/C14H17N5O/c1-19-9-16-18-14(19)11-3-2-4-12(6-11)17-13(20)5-10-7-15-8-10/h2-4,6,9-10,15H,5,7-8H2,1H3,(H,17,20). The van der Waals surface area contributed by atoms with Crippen LogP contribution in [0.2, 0.25) is 0 Å². The Hall–Kier alpha value is -2.21. The Morgan fingerprint density at radius 2 is 2.35 bits per heavy atom. The molecule has 0 unspecified atom stereocenters. The van der Waals surface area contributed by atoms with Crippen molar-refractivity contribution in [3.8, 4) is 11.4 Å². The zero-order valence-corrected chi connectivity index (χ0v) is 11.3. The third-order valence-corrected chi connectivity index (χ3v) is 3.46. The maximum atomic E-state index is 11.9. The van der Waals surface area contributed by atoms with Crippen molar-refractivity contribution in [1.29, 1.82) is 0 Å². The molecule has 0 spiro atoms. The van der Waals surface area contributed by atoms with E-state index in [9.17, 15) is 4.79 Å². The largest absolute Gasteiger partial charge is 0.326 e. The second kappa shape index (κ2) is 5.42. The topological polar surface area (TPSA) is 71.8 Å². The van der Waals surface area contributed by atoms with Gasteiger partial charge in [0.1, 0.15) is 6.33 Å². The Labute approximate surface area is 117 Å². The molecule has 6 heteroatoms. The number of amides is 1. The zero-order chi connectivity index (χ0) is 13.9. The van der Waals surface area contributed by atoms with Gasteiger partial charge in [0.2, 0.25) is 5.91 Å². The molecule has 3 rings (SSSR count). The first-order valence-corrected chi connectivity index (χ1v) is 6.67. The summed E-state index contributed by atoms with van der Waals surface area (Å²) >= 11 is 0. The number of hydrogen-bond donors (Lipinski definition) is 2. The molecule has 1 fully saturated rings. The molecular formula is C14H17N5O. The van der Waals surface area contributed by atoms with Crippen molar-refractivity contribution in [1.82, 2.24) is 20.1 Å². The lowest BCUT2D eigenvalue weighted by molar-refractivity contribution is -0.117. The average molecular weight is 271 g/mol. The first-order valence-electron chi connectivity index (χ1n) is 6.67. The first kappa shape index (κ1) is 12.8. The number of anilines is 1. The second-order valence-corrected chi connectivity index (χ2v) is 5.12. The van der Waals surface area contributed by atoms with Gasteiger partial charge in [0, 0.05) is 24.7 Å². The van der Waals surface area contributed by atoms with Crippen LogP contribution in [-0.4, -0.2) is 33.8 Å². The Kier molecular flexibility index (Phi) is 3.47. The summed E-state index contributed by atoms with van der Waals surface area (Å²) in [7, 11) is 1.89. The maximum Gasteiger partial charge on any atom is 0.224 e. The number of hydrogen-bond acceptors (Lipinski definition) is 4. The van der Waals surface area contributed by atoms with Gasteiger partial charge >= 0.3 is 0 Å². The fraction of sp³-hybridized carbons (Fsp3) is 0.357. The molecule has 1 saturated heterocycles. The van der Waals surface area contributed by atoms with Crippen molar-refractivity contribution < 1.29 is 4.79 Å². The van der Waals surface area contributed by atoms with Crippen LogP contribution in [0, 0.1) is 5.92 Å². The van der Waals surface area contributed by atoms with Crippen LogP contribution in [0.3, 0.4) is 0 Å². The van der Waals surface area contributed by atoms with E-state index >= 15 is 0 Å². The van der Waals surface area contributed by atoms with E-state index < -0.39 is 0 Å². The van der Waals surface area contributed by atoms with Gasteiger partial charge in [-0.2, -0.15) is 0 Å². The Morgan fingerprint density at radius 1 is 1.50 bits per heavy atom. The van der Waals surface area contributed by atoms with Gasteiger partial charge in [-0.1, -0.05) is 12.1 Å². The summed E-state index contributed by atoms with van der Waals surface area (Å²) in [6.07, 6.45) is 2.23. The minimum atomic E-state index is 0.0617. The van der Waals surface area contributed by atoms with Crippen LogP contribution in [0.5, 0.6) is 0 Å². The van der Waals surface area contributed by atoms with Crippen LogP contribution in [0.15, 0.2) is 30.6 Å². The fourth-order valence-electron chi connectivity index (χ4n) is 2.25. The van der Waals surface area contributed by atoms with Crippen LogP contribution in [-0.2, 0) is 11.8 Å². The van der Waals surface area contributed by atoms with E-state index in [-0.39, 0.29) is 5.91 Å². The van der Waals surface area contributed by atoms with Gasteiger partial charge in [-0.25, -0.2) is 0 Å². The molecule has 1 aromatic heterocycles. The Bertz CT molecular complexity index is 618. The van der Waals surface area contributed by atoms with Gasteiger partial charge < -0.3 is 15.2 Å². The fourth-order valence-corrected chi connectivity index (χ4v) is 2.25. The van der Waals surface area contributed by atoms with Crippen LogP contribution in [0.25, 0.3) is 11.4 Å². The molecule has 1 aliphatic heterocycles. The van der Waals surface area contributed by atoms with Gasteiger partial charge in [0.05, 0.1) is 0 Å². The quantitative estimate of drug-likeness (QED) is 0.871. The minimum absolute atomic E-state index is 0.0617. The van der Waals surface area contributed by atoms with Crippen molar-refractivity contribution in [3.05, 3.63) is 30.6 Å². The van der Waals surface area contributed by atoms with E-state index in [0.717, 1.165) is 30.2 Å². The lowest BCUT2D eigenvalue weighted by Gasteiger charge is -2.26. The lowest BCUT2D eigenvalue weighted by Crippen LogP contribution is -2.43. The number of aryl methyl sites for hydroxylation is 1. The van der Waals surface area contributed by atoms with Gasteiger partial charge in [0.15, 0.2) is 5.82 Å². The molecule has 0 saturated carbocycles. The highest BCUT2D eigenvalue weighted by Gasteiger charge is 2.20. The van der Waals surface area contributed by atoms with Gasteiger partial charge in [0.25, 0.3) is 0 Å². The number of nitrogens with one attached hydrogen (secondary N) is 2. The summed E-state index contributed by atoms with van der Waals surface area (Å²) in [5.74, 6) is 1.31. The molecule has 2 heterocycles. The zero-order valence-electron chi connectivity index (χ0n) is 11.3. The number of rotatable bonds is 4. The molecule has 0 aliphatic carbocycles. The van der Waals surface area contributed by atoms with E-state index in [1.165, 1.54) is 0 Å². The molecule has 0 radical (unpaired) electrons. The molecule has 1 aromatic carbocycles. The Balaban J connectivity index is 1.71. The highest BCUT2D eigenvalue weighted by Crippen LogP contribution is 2.20. The molecule has 6 nitrogen and oxygen atoms in total. The maximum absolute atomic E-state index is 11.9. The van der Waals surface area contributed by atoms with Crippen molar-refractivity contribution in [2.24, 2.45) is 13.0 Å². The molecule has 0 atom stereocenters. The third kappa shape index (κ3) is 2.70. The highest BCUT2D eigenvalue weighted by atomic mass is 16.1. The SMILES string of the molecule is Cn1cnnc1-c1cccc(NC(=O)CC2CNC2)c1. The van der Waals surface area contributed by atoms with Crippen molar-refractivity contribution >= 4 is 11.6 Å². The summed E-state index contributed by atoms with van der Waals surface area (Å²) < 4.78 is 1.85. The van der Waals surface area contributed by atoms with Crippen LogP contribution in [0.1, 0.15) is 6.42 Å². The smallest absolute Gasteiger partial charge is 0.224 e. The van der Waals surface area contributed by atoms with E-state index in [4.69, 9.17) is 0 Å². The minimum Gasteiger partial charge on any atom is -0.326 e. The molecule has 20 heavy (non-hydrogen) atoms. The molecule has 1 aliphatic rings. The predicted octanol–water partition coefficient (Wildman–Crippen LogP) is 1.03. The van der Waals surface area contributed by atoms with E-state index in [2.05, 4.69) is 20.8 Å².